The normalized spacial score (nSPS) is 11.8. The van der Waals surface area contributed by atoms with Crippen LogP contribution < -0.4 is 5.32 Å². The zero-order valence-corrected chi connectivity index (χ0v) is 7.85. The van der Waals surface area contributed by atoms with E-state index in [4.69, 9.17) is 0 Å². The molecule has 2 nitrogen and oxygen atoms in total. The van der Waals surface area contributed by atoms with Crippen molar-refractivity contribution in [3.63, 3.8) is 0 Å². The fraction of sp³-hybridized carbons (Fsp3) is 0.300. The number of nitrogens with one attached hydrogen (secondary N) is 1. The van der Waals surface area contributed by atoms with Crippen LogP contribution >= 0.6 is 0 Å². The lowest BCUT2D eigenvalue weighted by atomic mass is 10.2. The van der Waals surface area contributed by atoms with E-state index in [0.29, 0.717) is 5.57 Å². The van der Waals surface area contributed by atoms with Gasteiger partial charge in [-0.25, -0.2) is 0 Å². The van der Waals surface area contributed by atoms with Gasteiger partial charge in [-0.1, -0.05) is 24.3 Å². The minimum atomic E-state index is -0.0741. The van der Waals surface area contributed by atoms with E-state index in [2.05, 4.69) is 11.9 Å². The predicted octanol–water partition coefficient (Wildman–Crippen LogP) is 1.81. The summed E-state index contributed by atoms with van der Waals surface area (Å²) < 4.78 is 0. The van der Waals surface area contributed by atoms with Gasteiger partial charge in [-0.2, -0.15) is 0 Å². The largest absolute Gasteiger partial charge is 0.355 e. The quantitative estimate of drug-likeness (QED) is 0.501. The highest BCUT2D eigenvalue weighted by atomic mass is 16.1. The summed E-state index contributed by atoms with van der Waals surface area (Å²) in [6, 6.07) is 0. The van der Waals surface area contributed by atoms with E-state index in [1.807, 2.05) is 19.9 Å². The van der Waals surface area contributed by atoms with Crippen LogP contribution in [0.3, 0.4) is 0 Å². The Morgan fingerprint density at radius 3 is 2.33 bits per heavy atom. The number of carbonyl (C=O) groups excluding carboxylic acids is 1. The molecule has 66 valence electrons. The maximum absolute atomic E-state index is 11.1. The summed E-state index contributed by atoms with van der Waals surface area (Å²) in [7, 11) is 1.61. The number of hydrogen-bond acceptors (Lipinski definition) is 1. The van der Waals surface area contributed by atoms with E-state index in [-0.39, 0.29) is 5.91 Å². The van der Waals surface area contributed by atoms with Crippen LogP contribution in [0.25, 0.3) is 0 Å². The highest BCUT2D eigenvalue weighted by Gasteiger charge is 1.99. The third-order valence-corrected chi connectivity index (χ3v) is 1.35. The van der Waals surface area contributed by atoms with E-state index in [0.717, 1.165) is 5.57 Å². The number of allylic oxidation sites excluding steroid dienone is 3. The molecule has 0 bridgehead atoms. The molecule has 0 fully saturated rings. The molecule has 1 amide bonds. The van der Waals surface area contributed by atoms with Crippen molar-refractivity contribution in [2.75, 3.05) is 7.05 Å². The van der Waals surface area contributed by atoms with Gasteiger partial charge in [0.15, 0.2) is 0 Å². The summed E-state index contributed by atoms with van der Waals surface area (Å²) in [6.07, 6.45) is 5.32. The Balaban J connectivity index is 4.40. The molecule has 0 aromatic carbocycles. The highest BCUT2D eigenvalue weighted by Crippen LogP contribution is 1.99. The van der Waals surface area contributed by atoms with Gasteiger partial charge in [-0.15, -0.1) is 0 Å². The zero-order chi connectivity index (χ0) is 9.56. The van der Waals surface area contributed by atoms with Crippen LogP contribution in [0.1, 0.15) is 13.8 Å². The molecule has 0 saturated carbocycles. The Morgan fingerprint density at radius 2 is 2.00 bits per heavy atom. The van der Waals surface area contributed by atoms with Crippen LogP contribution in [0.5, 0.6) is 0 Å². The topological polar surface area (TPSA) is 29.1 Å². The van der Waals surface area contributed by atoms with E-state index in [1.54, 1.807) is 19.2 Å². The Hall–Kier alpha value is -1.31. The molecule has 0 spiro atoms. The maximum Gasteiger partial charge on any atom is 0.250 e. The van der Waals surface area contributed by atoms with Gasteiger partial charge in [-0.05, 0) is 19.9 Å². The number of rotatable bonds is 3. The molecular formula is C10H15NO. The second kappa shape index (κ2) is 5.35. The van der Waals surface area contributed by atoms with Gasteiger partial charge in [0.2, 0.25) is 0 Å². The average molecular weight is 165 g/mol. The predicted molar refractivity (Wildman–Crippen MR) is 51.8 cm³/mol. The first-order chi connectivity index (χ1) is 5.61. The van der Waals surface area contributed by atoms with Gasteiger partial charge in [0.1, 0.15) is 0 Å². The van der Waals surface area contributed by atoms with Crippen LogP contribution in [-0.4, -0.2) is 13.0 Å². The molecule has 0 aromatic heterocycles. The van der Waals surface area contributed by atoms with E-state index < -0.39 is 0 Å². The van der Waals surface area contributed by atoms with Crippen LogP contribution in [0.15, 0.2) is 36.0 Å². The first-order valence-electron chi connectivity index (χ1n) is 3.83. The Morgan fingerprint density at radius 1 is 1.42 bits per heavy atom. The summed E-state index contributed by atoms with van der Waals surface area (Å²) in [5.74, 6) is -0.0741. The molecule has 0 radical (unpaired) electrons. The van der Waals surface area contributed by atoms with Crippen molar-refractivity contribution in [1.82, 2.24) is 5.32 Å². The molecule has 1 N–H and O–H groups in total. The summed E-state index contributed by atoms with van der Waals surface area (Å²) in [5.41, 5.74) is 1.58. The van der Waals surface area contributed by atoms with E-state index in [1.165, 1.54) is 0 Å². The average Bonchev–Trinajstić information content (AvgIpc) is 2.04. The summed E-state index contributed by atoms with van der Waals surface area (Å²) in [4.78, 5) is 11.1. The van der Waals surface area contributed by atoms with Crippen molar-refractivity contribution in [3.05, 3.63) is 36.0 Å². The van der Waals surface area contributed by atoms with Crippen LogP contribution in [0, 0.1) is 0 Å². The first-order valence-corrected chi connectivity index (χ1v) is 3.83. The zero-order valence-electron chi connectivity index (χ0n) is 7.85. The Labute approximate surface area is 73.7 Å². The molecule has 0 aromatic rings. The standard InChI is InChI=1S/C10H15NO/c1-5-9(10(12)11-4)7-6-8(2)3/h5-7H,2H2,1,3-4H3,(H,11,12)/b7-6-,9-5+. The number of amides is 1. The molecule has 0 aliphatic carbocycles. The molecule has 0 unspecified atom stereocenters. The number of likely N-dealkylation sites (N-methyl/N-ethyl adjacent to an activating group) is 1. The Bertz CT molecular complexity index is 236. The van der Waals surface area contributed by atoms with Gasteiger partial charge in [0.25, 0.3) is 5.91 Å². The maximum atomic E-state index is 11.1. The van der Waals surface area contributed by atoms with Gasteiger partial charge >= 0.3 is 0 Å². The minimum Gasteiger partial charge on any atom is -0.355 e. The molecule has 0 saturated heterocycles. The Kier molecular flexibility index (Phi) is 4.77. The summed E-state index contributed by atoms with van der Waals surface area (Å²) >= 11 is 0. The fourth-order valence-corrected chi connectivity index (χ4v) is 0.679. The van der Waals surface area contributed by atoms with Crippen LogP contribution in [0.4, 0.5) is 0 Å². The smallest absolute Gasteiger partial charge is 0.250 e. The molecule has 12 heavy (non-hydrogen) atoms. The van der Waals surface area contributed by atoms with Crippen molar-refractivity contribution < 1.29 is 4.79 Å². The molecule has 2 heteroatoms. The monoisotopic (exact) mass is 165 g/mol. The molecule has 0 aliphatic heterocycles. The SMILES string of the molecule is C=C(C)/C=C\C(=C/C)C(=O)NC. The molecular weight excluding hydrogens is 150 g/mol. The van der Waals surface area contributed by atoms with Crippen molar-refractivity contribution in [2.45, 2.75) is 13.8 Å². The minimum absolute atomic E-state index is 0.0741. The van der Waals surface area contributed by atoms with Crippen molar-refractivity contribution in [1.29, 1.82) is 0 Å². The first kappa shape index (κ1) is 10.7. The van der Waals surface area contributed by atoms with Gasteiger partial charge in [0, 0.05) is 12.6 Å². The third-order valence-electron chi connectivity index (χ3n) is 1.35. The fourth-order valence-electron chi connectivity index (χ4n) is 0.679. The summed E-state index contributed by atoms with van der Waals surface area (Å²) in [5, 5.41) is 2.55. The second-order valence-electron chi connectivity index (χ2n) is 2.50. The highest BCUT2D eigenvalue weighted by molar-refractivity contribution is 5.95. The lowest BCUT2D eigenvalue weighted by Crippen LogP contribution is -2.18. The second-order valence-corrected chi connectivity index (χ2v) is 2.50. The van der Waals surface area contributed by atoms with Crippen LogP contribution in [0.2, 0.25) is 0 Å². The molecule has 0 aliphatic rings. The van der Waals surface area contributed by atoms with Crippen LogP contribution in [-0.2, 0) is 4.79 Å². The molecule has 0 rings (SSSR count). The van der Waals surface area contributed by atoms with Gasteiger partial charge < -0.3 is 5.32 Å². The van der Waals surface area contributed by atoms with E-state index in [9.17, 15) is 4.79 Å². The molecule has 0 heterocycles. The number of hydrogen-bond donors (Lipinski definition) is 1. The van der Waals surface area contributed by atoms with Crippen molar-refractivity contribution in [2.24, 2.45) is 0 Å². The van der Waals surface area contributed by atoms with Gasteiger partial charge in [-0.3, -0.25) is 4.79 Å². The molecule has 0 atom stereocenters. The van der Waals surface area contributed by atoms with E-state index >= 15 is 0 Å². The van der Waals surface area contributed by atoms with Crippen molar-refractivity contribution in [3.8, 4) is 0 Å². The lowest BCUT2D eigenvalue weighted by molar-refractivity contribution is -0.116. The lowest BCUT2D eigenvalue weighted by Gasteiger charge is -1.98. The van der Waals surface area contributed by atoms with Gasteiger partial charge in [0.05, 0.1) is 0 Å². The van der Waals surface area contributed by atoms with Crippen molar-refractivity contribution >= 4 is 5.91 Å². The number of carbonyl (C=O) groups is 1. The summed E-state index contributed by atoms with van der Waals surface area (Å²) in [6.45, 7) is 7.41. The third kappa shape index (κ3) is 3.76.